The number of carbonyl (C=O) groups excluding carboxylic acids is 2. The molecule has 1 saturated carbocycles. The van der Waals surface area contributed by atoms with Crippen molar-refractivity contribution in [2.75, 3.05) is 11.9 Å². The van der Waals surface area contributed by atoms with Crippen LogP contribution in [-0.4, -0.2) is 39.4 Å². The Bertz CT molecular complexity index is 570. The molecule has 2 aliphatic rings. The van der Waals surface area contributed by atoms with Crippen molar-refractivity contribution in [2.45, 2.75) is 44.8 Å². The van der Waals surface area contributed by atoms with E-state index in [1.165, 1.54) is 19.0 Å². The van der Waals surface area contributed by atoms with Crippen molar-refractivity contribution in [1.82, 2.24) is 9.88 Å². The summed E-state index contributed by atoms with van der Waals surface area (Å²) in [6.07, 6.45) is 7.81. The standard InChI is InChI=1S/C16H21N3O3/c20-10-11-5-6-17-8-14(11)18-16(22)12-7-15(21)19(9-12)13-3-1-2-4-13/h5-6,8,12-13,20H,1-4,7,9-10H2,(H,18,22). The number of hydrogen-bond donors (Lipinski definition) is 2. The molecule has 6 heteroatoms. The van der Waals surface area contributed by atoms with E-state index in [1.807, 2.05) is 4.90 Å². The fourth-order valence-electron chi connectivity index (χ4n) is 3.38. The molecular weight excluding hydrogens is 282 g/mol. The first-order valence-corrected chi connectivity index (χ1v) is 7.83. The van der Waals surface area contributed by atoms with E-state index in [4.69, 9.17) is 0 Å². The van der Waals surface area contributed by atoms with Crippen LogP contribution in [0.15, 0.2) is 18.5 Å². The SMILES string of the molecule is O=C(Nc1cnccc1CO)C1CC(=O)N(C2CCCC2)C1. The van der Waals surface area contributed by atoms with E-state index in [0.29, 0.717) is 23.8 Å². The molecular formula is C16H21N3O3. The lowest BCUT2D eigenvalue weighted by atomic mass is 10.1. The molecule has 118 valence electrons. The highest BCUT2D eigenvalue weighted by Gasteiger charge is 2.38. The van der Waals surface area contributed by atoms with Crippen molar-refractivity contribution in [3.05, 3.63) is 24.0 Å². The first-order chi connectivity index (χ1) is 10.7. The molecule has 1 aliphatic carbocycles. The number of amides is 2. The Labute approximate surface area is 129 Å². The number of carbonyl (C=O) groups is 2. The third-order valence-electron chi connectivity index (χ3n) is 4.63. The Morgan fingerprint density at radius 2 is 2.18 bits per heavy atom. The van der Waals surface area contributed by atoms with Crippen LogP contribution in [0.1, 0.15) is 37.7 Å². The predicted octanol–water partition coefficient (Wildman–Crippen LogP) is 1.30. The zero-order valence-electron chi connectivity index (χ0n) is 12.5. The van der Waals surface area contributed by atoms with E-state index in [-0.39, 0.29) is 30.8 Å². The number of likely N-dealkylation sites (tertiary alicyclic amines) is 1. The number of aliphatic hydroxyl groups is 1. The van der Waals surface area contributed by atoms with E-state index in [0.717, 1.165) is 12.8 Å². The Morgan fingerprint density at radius 3 is 2.91 bits per heavy atom. The van der Waals surface area contributed by atoms with Crippen LogP contribution in [0.3, 0.4) is 0 Å². The van der Waals surface area contributed by atoms with Crippen LogP contribution in [0.2, 0.25) is 0 Å². The van der Waals surface area contributed by atoms with Crippen LogP contribution in [0.25, 0.3) is 0 Å². The third kappa shape index (κ3) is 2.97. The summed E-state index contributed by atoms with van der Waals surface area (Å²) in [7, 11) is 0. The predicted molar refractivity (Wildman–Crippen MR) is 80.9 cm³/mol. The van der Waals surface area contributed by atoms with Crippen LogP contribution in [0, 0.1) is 5.92 Å². The number of nitrogens with one attached hydrogen (secondary N) is 1. The van der Waals surface area contributed by atoms with Crippen LogP contribution < -0.4 is 5.32 Å². The molecule has 1 unspecified atom stereocenters. The van der Waals surface area contributed by atoms with Crippen molar-refractivity contribution in [2.24, 2.45) is 5.92 Å². The number of anilines is 1. The minimum absolute atomic E-state index is 0.0839. The first kappa shape index (κ1) is 15.0. The molecule has 0 aromatic carbocycles. The molecule has 1 aromatic heterocycles. The zero-order valence-corrected chi connectivity index (χ0v) is 12.5. The van der Waals surface area contributed by atoms with Crippen LogP contribution in [0.5, 0.6) is 0 Å². The molecule has 2 amide bonds. The summed E-state index contributed by atoms with van der Waals surface area (Å²) in [6, 6.07) is 1.98. The normalized spacial score (nSPS) is 22.3. The molecule has 1 aromatic rings. The Balaban J connectivity index is 1.64. The van der Waals surface area contributed by atoms with Gasteiger partial charge in [-0.1, -0.05) is 12.8 Å². The van der Waals surface area contributed by atoms with Gasteiger partial charge >= 0.3 is 0 Å². The molecule has 6 nitrogen and oxygen atoms in total. The van der Waals surface area contributed by atoms with Gasteiger partial charge in [0.25, 0.3) is 0 Å². The van der Waals surface area contributed by atoms with Gasteiger partial charge in [-0.05, 0) is 18.9 Å². The van der Waals surface area contributed by atoms with Gasteiger partial charge in [0, 0.05) is 30.8 Å². The van der Waals surface area contributed by atoms with Crippen molar-refractivity contribution < 1.29 is 14.7 Å². The molecule has 1 saturated heterocycles. The van der Waals surface area contributed by atoms with Crippen molar-refractivity contribution >= 4 is 17.5 Å². The highest BCUT2D eigenvalue weighted by atomic mass is 16.3. The molecule has 0 bridgehead atoms. The quantitative estimate of drug-likeness (QED) is 0.878. The lowest BCUT2D eigenvalue weighted by molar-refractivity contribution is -0.129. The number of aromatic nitrogens is 1. The topological polar surface area (TPSA) is 82.5 Å². The maximum atomic E-state index is 12.4. The van der Waals surface area contributed by atoms with Crippen LogP contribution >= 0.6 is 0 Å². The van der Waals surface area contributed by atoms with Gasteiger partial charge in [-0.2, -0.15) is 0 Å². The summed E-state index contributed by atoms with van der Waals surface area (Å²) in [5.41, 5.74) is 1.14. The van der Waals surface area contributed by atoms with Gasteiger partial charge < -0.3 is 15.3 Å². The second kappa shape index (κ2) is 6.44. The third-order valence-corrected chi connectivity index (χ3v) is 4.63. The van der Waals surface area contributed by atoms with E-state index in [2.05, 4.69) is 10.3 Å². The number of rotatable bonds is 4. The van der Waals surface area contributed by atoms with Gasteiger partial charge in [-0.15, -0.1) is 0 Å². The molecule has 22 heavy (non-hydrogen) atoms. The second-order valence-corrected chi connectivity index (χ2v) is 6.07. The molecule has 1 aliphatic heterocycles. The molecule has 0 spiro atoms. The smallest absolute Gasteiger partial charge is 0.229 e. The van der Waals surface area contributed by atoms with Crippen molar-refractivity contribution in [3.63, 3.8) is 0 Å². The lowest BCUT2D eigenvalue weighted by Crippen LogP contribution is -2.35. The van der Waals surface area contributed by atoms with Gasteiger partial charge in [0.1, 0.15) is 0 Å². The highest BCUT2D eigenvalue weighted by Crippen LogP contribution is 2.30. The van der Waals surface area contributed by atoms with E-state index < -0.39 is 0 Å². The van der Waals surface area contributed by atoms with E-state index >= 15 is 0 Å². The van der Waals surface area contributed by atoms with E-state index in [9.17, 15) is 14.7 Å². The minimum atomic E-state index is -0.320. The maximum Gasteiger partial charge on any atom is 0.229 e. The summed E-state index contributed by atoms with van der Waals surface area (Å²) in [5.74, 6) is -0.406. The van der Waals surface area contributed by atoms with Gasteiger partial charge in [0.2, 0.25) is 11.8 Å². The molecule has 2 N–H and O–H groups in total. The minimum Gasteiger partial charge on any atom is -0.392 e. The monoisotopic (exact) mass is 303 g/mol. The van der Waals surface area contributed by atoms with Gasteiger partial charge in [-0.3, -0.25) is 14.6 Å². The Morgan fingerprint density at radius 1 is 1.41 bits per heavy atom. The van der Waals surface area contributed by atoms with Crippen molar-refractivity contribution in [1.29, 1.82) is 0 Å². The number of pyridine rings is 1. The molecule has 2 heterocycles. The van der Waals surface area contributed by atoms with E-state index in [1.54, 1.807) is 12.3 Å². The summed E-state index contributed by atoms with van der Waals surface area (Å²) >= 11 is 0. The van der Waals surface area contributed by atoms with Gasteiger partial charge in [0.15, 0.2) is 0 Å². The van der Waals surface area contributed by atoms with Crippen LogP contribution in [-0.2, 0) is 16.2 Å². The molecule has 0 radical (unpaired) electrons. The number of aliphatic hydroxyl groups excluding tert-OH is 1. The fraction of sp³-hybridized carbons (Fsp3) is 0.562. The second-order valence-electron chi connectivity index (χ2n) is 6.07. The Kier molecular flexibility index (Phi) is 4.38. The summed E-state index contributed by atoms with van der Waals surface area (Å²) < 4.78 is 0. The summed E-state index contributed by atoms with van der Waals surface area (Å²) in [4.78, 5) is 30.4. The average Bonchev–Trinajstić information content (AvgIpc) is 3.16. The average molecular weight is 303 g/mol. The summed E-state index contributed by atoms with van der Waals surface area (Å²) in [5, 5.41) is 12.1. The summed E-state index contributed by atoms with van der Waals surface area (Å²) in [6.45, 7) is 0.347. The first-order valence-electron chi connectivity index (χ1n) is 7.83. The number of hydrogen-bond acceptors (Lipinski definition) is 4. The van der Waals surface area contributed by atoms with Gasteiger partial charge in [0.05, 0.1) is 24.4 Å². The van der Waals surface area contributed by atoms with Gasteiger partial charge in [-0.25, -0.2) is 0 Å². The fourth-order valence-corrected chi connectivity index (χ4v) is 3.38. The lowest BCUT2D eigenvalue weighted by Gasteiger charge is -2.23. The maximum absolute atomic E-state index is 12.4. The largest absolute Gasteiger partial charge is 0.392 e. The Hall–Kier alpha value is -1.95. The zero-order chi connectivity index (χ0) is 15.5. The van der Waals surface area contributed by atoms with Crippen molar-refractivity contribution in [3.8, 4) is 0 Å². The molecule has 1 atom stereocenters. The number of nitrogens with zero attached hydrogens (tertiary/aromatic N) is 2. The molecule has 2 fully saturated rings. The highest BCUT2D eigenvalue weighted by molar-refractivity contribution is 5.97. The van der Waals surface area contributed by atoms with Crippen LogP contribution in [0.4, 0.5) is 5.69 Å². The molecule has 3 rings (SSSR count).